The fourth-order valence-corrected chi connectivity index (χ4v) is 4.82. The first kappa shape index (κ1) is 31.0. The van der Waals surface area contributed by atoms with Crippen molar-refractivity contribution in [2.24, 2.45) is 0 Å². The summed E-state index contributed by atoms with van der Waals surface area (Å²) in [5, 5.41) is 5.29. The van der Waals surface area contributed by atoms with E-state index in [4.69, 9.17) is 0 Å². The summed E-state index contributed by atoms with van der Waals surface area (Å²) in [6.07, 6.45) is -0.720. The lowest BCUT2D eigenvalue weighted by Gasteiger charge is -2.16. The first-order valence-corrected chi connectivity index (χ1v) is 14.2. The summed E-state index contributed by atoms with van der Waals surface area (Å²) in [5.41, 5.74) is 3.89. The molecule has 0 saturated heterocycles. The normalized spacial score (nSPS) is 11.6. The molecule has 0 aliphatic heterocycles. The molecule has 0 aromatic heterocycles. The number of alkyl halides is 4. The van der Waals surface area contributed by atoms with Crippen LogP contribution >= 0.6 is 11.8 Å². The molecule has 0 spiro atoms. The fraction of sp³-hybridized carbons (Fsp3) is 0.391. The third-order valence-corrected chi connectivity index (χ3v) is 7.31. The molecular formula is C23H29F4N5O4S2. The van der Waals surface area contributed by atoms with Gasteiger partial charge in [0.2, 0.25) is 0 Å². The van der Waals surface area contributed by atoms with Crippen LogP contribution in [0.25, 0.3) is 0 Å². The first-order valence-electron chi connectivity index (χ1n) is 11.5. The third kappa shape index (κ3) is 9.93. The number of thioether (sulfide) groups is 1. The van der Waals surface area contributed by atoms with E-state index in [9.17, 15) is 35.6 Å². The van der Waals surface area contributed by atoms with Gasteiger partial charge in [0.15, 0.2) is 0 Å². The second-order valence-corrected chi connectivity index (χ2v) is 10.8. The van der Waals surface area contributed by atoms with Crippen LogP contribution in [-0.2, 0) is 14.8 Å². The van der Waals surface area contributed by atoms with Crippen LogP contribution in [0.15, 0.2) is 53.4 Å². The van der Waals surface area contributed by atoms with Crippen LogP contribution in [0, 0.1) is 0 Å². The minimum Gasteiger partial charge on any atom is -0.337 e. The molecule has 0 bridgehead atoms. The average Bonchev–Trinajstić information content (AvgIpc) is 2.87. The summed E-state index contributed by atoms with van der Waals surface area (Å²) in [6, 6.07) is 10.1. The van der Waals surface area contributed by atoms with Crippen molar-refractivity contribution in [2.45, 2.75) is 43.4 Å². The number of nitrogens with one attached hydrogen (secondary N) is 5. The molecule has 9 nitrogen and oxygen atoms in total. The number of hydrogen-bond donors (Lipinski definition) is 5. The van der Waals surface area contributed by atoms with Crippen LogP contribution < -0.4 is 26.2 Å². The summed E-state index contributed by atoms with van der Waals surface area (Å²) in [5.74, 6) is -5.31. The Labute approximate surface area is 222 Å². The van der Waals surface area contributed by atoms with E-state index in [0.29, 0.717) is 6.54 Å². The molecule has 3 amide bonds. The molecule has 0 heterocycles. The zero-order chi connectivity index (χ0) is 28.2. The van der Waals surface area contributed by atoms with Crippen molar-refractivity contribution < 1.29 is 35.6 Å². The Bertz CT molecular complexity index is 1170. The minimum atomic E-state index is -4.88. The van der Waals surface area contributed by atoms with Gasteiger partial charge in [-0.3, -0.25) is 20.4 Å². The molecule has 0 saturated carbocycles. The molecule has 0 unspecified atom stereocenters. The van der Waals surface area contributed by atoms with E-state index in [2.05, 4.69) is 22.3 Å². The lowest BCUT2D eigenvalue weighted by Crippen LogP contribution is -2.47. The molecule has 2 aromatic rings. The van der Waals surface area contributed by atoms with Crippen LogP contribution in [0.4, 0.5) is 39.4 Å². The Morgan fingerprint density at radius 3 is 2.32 bits per heavy atom. The Kier molecular flexibility index (Phi) is 12.0. The molecule has 15 heteroatoms. The highest BCUT2D eigenvalue weighted by molar-refractivity contribution is 7.99. The van der Waals surface area contributed by atoms with E-state index in [0.717, 1.165) is 24.3 Å². The number of unbranched alkanes of at least 4 members (excludes halogenated alkanes) is 2. The van der Waals surface area contributed by atoms with Crippen molar-refractivity contribution in [1.29, 1.82) is 0 Å². The number of anilines is 3. The quantitative estimate of drug-likeness (QED) is 0.116. The first-order chi connectivity index (χ1) is 18.0. The Balaban J connectivity index is 1.89. The molecule has 5 N–H and O–H groups in total. The zero-order valence-corrected chi connectivity index (χ0v) is 22.0. The summed E-state index contributed by atoms with van der Waals surface area (Å²) < 4.78 is 78.2. The number of sulfonamides is 1. The SMILES string of the molecule is CCCCCSCCNC(=O)Nc1cccc(S(=O)(=O)Nc2ccc(NNC(=O)C(F)(F)C(F)F)cc2)c1. The molecule has 2 rings (SSSR count). The van der Waals surface area contributed by atoms with Gasteiger partial charge < -0.3 is 10.6 Å². The fourth-order valence-electron chi connectivity index (χ4n) is 2.86. The predicted molar refractivity (Wildman–Crippen MR) is 140 cm³/mol. The van der Waals surface area contributed by atoms with Crippen LogP contribution in [0.2, 0.25) is 0 Å². The Morgan fingerprint density at radius 2 is 1.66 bits per heavy atom. The molecule has 0 atom stereocenters. The Morgan fingerprint density at radius 1 is 0.974 bits per heavy atom. The number of rotatable bonds is 15. The van der Waals surface area contributed by atoms with Gasteiger partial charge in [0.25, 0.3) is 10.0 Å². The predicted octanol–water partition coefficient (Wildman–Crippen LogP) is 4.88. The van der Waals surface area contributed by atoms with Crippen molar-refractivity contribution in [2.75, 3.05) is 33.5 Å². The highest BCUT2D eigenvalue weighted by atomic mass is 32.2. The number of urea groups is 1. The van der Waals surface area contributed by atoms with Gasteiger partial charge in [0.05, 0.1) is 10.6 Å². The maximum Gasteiger partial charge on any atom is 0.385 e. The third-order valence-electron chi connectivity index (χ3n) is 4.86. The van der Waals surface area contributed by atoms with E-state index in [1.165, 1.54) is 60.4 Å². The number of halogens is 4. The summed E-state index contributed by atoms with van der Waals surface area (Å²) in [6.45, 7) is 2.59. The molecule has 210 valence electrons. The van der Waals surface area contributed by atoms with Crippen LogP contribution in [0.1, 0.15) is 26.2 Å². The monoisotopic (exact) mass is 579 g/mol. The van der Waals surface area contributed by atoms with Gasteiger partial charge in [-0.05, 0) is 54.6 Å². The van der Waals surface area contributed by atoms with Gasteiger partial charge in [0, 0.05) is 23.7 Å². The van der Waals surface area contributed by atoms with Gasteiger partial charge >= 0.3 is 24.3 Å². The number of carbonyl (C=O) groups is 2. The van der Waals surface area contributed by atoms with E-state index in [1.54, 1.807) is 11.8 Å². The molecule has 38 heavy (non-hydrogen) atoms. The number of hydrazine groups is 1. The molecular weight excluding hydrogens is 550 g/mol. The van der Waals surface area contributed by atoms with Crippen LogP contribution in [-0.4, -0.2) is 50.8 Å². The van der Waals surface area contributed by atoms with Crippen molar-refractivity contribution in [1.82, 2.24) is 10.7 Å². The maximum atomic E-state index is 13.0. The summed E-state index contributed by atoms with van der Waals surface area (Å²) in [4.78, 5) is 23.1. The molecule has 0 radical (unpaired) electrons. The minimum absolute atomic E-state index is 0.0305. The number of amides is 3. The largest absolute Gasteiger partial charge is 0.385 e. The van der Waals surface area contributed by atoms with Crippen molar-refractivity contribution in [3.63, 3.8) is 0 Å². The number of carbonyl (C=O) groups excluding carboxylic acids is 2. The van der Waals surface area contributed by atoms with Gasteiger partial charge in [-0.1, -0.05) is 25.8 Å². The smallest absolute Gasteiger partial charge is 0.337 e. The van der Waals surface area contributed by atoms with Crippen LogP contribution in [0.3, 0.4) is 0 Å². The summed E-state index contributed by atoms with van der Waals surface area (Å²) >= 11 is 1.74. The Hall–Kier alpha value is -3.20. The molecule has 0 aliphatic rings. The van der Waals surface area contributed by atoms with E-state index in [-0.39, 0.29) is 22.0 Å². The van der Waals surface area contributed by atoms with Gasteiger partial charge in [0.1, 0.15) is 0 Å². The number of hydrogen-bond acceptors (Lipinski definition) is 6. The highest BCUT2D eigenvalue weighted by Gasteiger charge is 2.49. The highest BCUT2D eigenvalue weighted by Crippen LogP contribution is 2.23. The second-order valence-electron chi connectivity index (χ2n) is 7.91. The molecule has 2 aromatic carbocycles. The van der Waals surface area contributed by atoms with Crippen molar-refractivity contribution in [3.8, 4) is 0 Å². The van der Waals surface area contributed by atoms with Gasteiger partial charge in [-0.25, -0.2) is 22.0 Å². The maximum absolute atomic E-state index is 13.0. The standard InChI is InChI=1S/C23H29F4N5O4S2/c1-2-3-4-13-37-14-12-28-22(34)29-18-6-5-7-19(15-18)38(35,36)32-17-10-8-16(9-11-17)30-31-21(33)23(26,27)20(24)25/h5-11,15,20,30,32H,2-4,12-14H2,1H3,(H,31,33)(H2,28,29,34). The zero-order valence-electron chi connectivity index (χ0n) is 20.4. The molecule has 0 fully saturated rings. The van der Waals surface area contributed by atoms with Crippen molar-refractivity contribution >= 4 is 50.8 Å². The van der Waals surface area contributed by atoms with Gasteiger partial charge in [-0.2, -0.15) is 20.5 Å². The van der Waals surface area contributed by atoms with E-state index < -0.39 is 34.3 Å². The average molecular weight is 580 g/mol. The van der Waals surface area contributed by atoms with E-state index >= 15 is 0 Å². The lowest BCUT2D eigenvalue weighted by molar-refractivity contribution is -0.168. The van der Waals surface area contributed by atoms with Crippen LogP contribution in [0.5, 0.6) is 0 Å². The van der Waals surface area contributed by atoms with Gasteiger partial charge in [-0.15, -0.1) is 0 Å². The van der Waals surface area contributed by atoms with E-state index in [1.807, 2.05) is 5.43 Å². The summed E-state index contributed by atoms with van der Waals surface area (Å²) in [7, 11) is -4.07. The molecule has 0 aliphatic carbocycles. The number of benzene rings is 2. The lowest BCUT2D eigenvalue weighted by atomic mass is 10.3. The second kappa shape index (κ2) is 14.7. The topological polar surface area (TPSA) is 128 Å². The van der Waals surface area contributed by atoms with Crippen molar-refractivity contribution in [3.05, 3.63) is 48.5 Å².